The lowest BCUT2D eigenvalue weighted by Gasteiger charge is -2.18. The molecular weight excluding hydrogens is 374 g/mol. The van der Waals surface area contributed by atoms with E-state index in [1.807, 2.05) is 0 Å². The molecule has 0 spiro atoms. The molecular formula is C18H22ClN3O3S. The van der Waals surface area contributed by atoms with Gasteiger partial charge in [-0.25, -0.2) is 8.42 Å². The number of nitrogens with one attached hydrogen (secondary N) is 2. The maximum absolute atomic E-state index is 12.4. The minimum absolute atomic E-state index is 0.0603. The lowest BCUT2D eigenvalue weighted by Crippen LogP contribution is -2.30. The molecule has 0 heterocycles. The Morgan fingerprint density at radius 2 is 1.50 bits per heavy atom. The fourth-order valence-corrected chi connectivity index (χ4v) is 3.96. The van der Waals surface area contributed by atoms with Crippen LogP contribution in [-0.2, 0) is 14.8 Å². The predicted octanol–water partition coefficient (Wildman–Crippen LogP) is 3.42. The van der Waals surface area contributed by atoms with Crippen molar-refractivity contribution < 1.29 is 13.2 Å². The van der Waals surface area contributed by atoms with Crippen LogP contribution in [0.4, 0.5) is 11.4 Å². The molecule has 0 fully saturated rings. The highest BCUT2D eigenvalue weighted by atomic mass is 35.5. The summed E-state index contributed by atoms with van der Waals surface area (Å²) in [6.45, 7) is 4.50. The average molecular weight is 396 g/mol. The Balaban J connectivity index is 1.94. The quantitative estimate of drug-likeness (QED) is 0.717. The molecule has 6 nitrogen and oxygen atoms in total. The van der Waals surface area contributed by atoms with Gasteiger partial charge in [-0.15, -0.1) is 0 Å². The van der Waals surface area contributed by atoms with Crippen LogP contribution < -0.4 is 10.6 Å². The molecule has 0 unspecified atom stereocenters. The van der Waals surface area contributed by atoms with E-state index in [1.165, 1.54) is 16.4 Å². The van der Waals surface area contributed by atoms with Gasteiger partial charge in [0, 0.05) is 29.5 Å². The van der Waals surface area contributed by atoms with Gasteiger partial charge in [-0.1, -0.05) is 25.4 Å². The number of benzene rings is 2. The second kappa shape index (κ2) is 9.02. The molecule has 0 bridgehead atoms. The van der Waals surface area contributed by atoms with Gasteiger partial charge >= 0.3 is 0 Å². The lowest BCUT2D eigenvalue weighted by atomic mass is 10.3. The lowest BCUT2D eigenvalue weighted by molar-refractivity contribution is -0.114. The highest BCUT2D eigenvalue weighted by Gasteiger charge is 2.21. The SMILES string of the molecule is CCN(CC)S(=O)(=O)c1ccc(NCC(=O)Nc2ccc(Cl)cc2)cc1. The number of carbonyl (C=O) groups excluding carboxylic acids is 1. The van der Waals surface area contributed by atoms with E-state index in [2.05, 4.69) is 10.6 Å². The molecule has 2 aromatic rings. The number of nitrogens with zero attached hydrogens (tertiary/aromatic N) is 1. The Kier molecular flexibility index (Phi) is 7.02. The molecule has 2 aromatic carbocycles. The van der Waals surface area contributed by atoms with Crippen LogP contribution in [0, 0.1) is 0 Å². The maximum atomic E-state index is 12.4. The zero-order valence-electron chi connectivity index (χ0n) is 14.7. The number of amides is 1. The molecule has 2 rings (SSSR count). The fourth-order valence-electron chi connectivity index (χ4n) is 2.38. The zero-order valence-corrected chi connectivity index (χ0v) is 16.3. The number of rotatable bonds is 8. The second-order valence-electron chi connectivity index (χ2n) is 5.52. The number of carbonyl (C=O) groups is 1. The normalized spacial score (nSPS) is 11.4. The third-order valence-corrected chi connectivity index (χ3v) is 6.09. The van der Waals surface area contributed by atoms with Crippen molar-refractivity contribution in [3.8, 4) is 0 Å². The van der Waals surface area contributed by atoms with Gasteiger partial charge in [-0.05, 0) is 48.5 Å². The molecule has 0 saturated heterocycles. The van der Waals surface area contributed by atoms with Crippen LogP contribution in [0.5, 0.6) is 0 Å². The predicted molar refractivity (Wildman–Crippen MR) is 105 cm³/mol. The van der Waals surface area contributed by atoms with Crippen LogP contribution in [-0.4, -0.2) is 38.3 Å². The first-order valence-corrected chi connectivity index (χ1v) is 10.1. The molecule has 0 aliphatic heterocycles. The number of anilines is 2. The summed E-state index contributed by atoms with van der Waals surface area (Å²) in [4.78, 5) is 12.2. The average Bonchev–Trinajstić information content (AvgIpc) is 2.63. The van der Waals surface area contributed by atoms with E-state index >= 15 is 0 Å². The highest BCUT2D eigenvalue weighted by molar-refractivity contribution is 7.89. The van der Waals surface area contributed by atoms with Crippen LogP contribution in [0.25, 0.3) is 0 Å². The second-order valence-corrected chi connectivity index (χ2v) is 7.90. The Labute approximate surface area is 159 Å². The molecule has 0 aromatic heterocycles. The van der Waals surface area contributed by atoms with Crippen LogP contribution in [0.15, 0.2) is 53.4 Å². The summed E-state index contributed by atoms with van der Waals surface area (Å²) in [6, 6.07) is 13.2. The van der Waals surface area contributed by atoms with Crippen molar-refractivity contribution in [2.45, 2.75) is 18.7 Å². The van der Waals surface area contributed by atoms with Crippen molar-refractivity contribution >= 4 is 38.9 Å². The van der Waals surface area contributed by atoms with Gasteiger partial charge in [0.15, 0.2) is 0 Å². The largest absolute Gasteiger partial charge is 0.376 e. The Morgan fingerprint density at radius 3 is 2.04 bits per heavy atom. The van der Waals surface area contributed by atoms with Gasteiger partial charge in [-0.3, -0.25) is 4.79 Å². The molecule has 8 heteroatoms. The Hall–Kier alpha value is -2.09. The van der Waals surface area contributed by atoms with Crippen LogP contribution in [0.2, 0.25) is 5.02 Å². The van der Waals surface area contributed by atoms with Gasteiger partial charge < -0.3 is 10.6 Å². The summed E-state index contributed by atoms with van der Waals surface area (Å²) < 4.78 is 26.3. The van der Waals surface area contributed by atoms with Crippen molar-refractivity contribution in [1.29, 1.82) is 0 Å². The molecule has 0 aliphatic carbocycles. The molecule has 0 radical (unpaired) electrons. The monoisotopic (exact) mass is 395 g/mol. The number of hydrogen-bond acceptors (Lipinski definition) is 4. The zero-order chi connectivity index (χ0) is 19.2. The first-order valence-electron chi connectivity index (χ1n) is 8.26. The van der Waals surface area contributed by atoms with E-state index in [0.29, 0.717) is 29.5 Å². The van der Waals surface area contributed by atoms with Crippen LogP contribution >= 0.6 is 11.6 Å². The van der Waals surface area contributed by atoms with Gasteiger partial charge in [0.25, 0.3) is 0 Å². The Bertz CT molecular complexity index is 833. The van der Waals surface area contributed by atoms with Crippen LogP contribution in [0.1, 0.15) is 13.8 Å². The third-order valence-electron chi connectivity index (χ3n) is 3.78. The summed E-state index contributed by atoms with van der Waals surface area (Å²) >= 11 is 5.80. The summed E-state index contributed by atoms with van der Waals surface area (Å²) in [6.07, 6.45) is 0. The van der Waals surface area contributed by atoms with Crippen molar-refractivity contribution in [2.75, 3.05) is 30.3 Å². The van der Waals surface area contributed by atoms with Crippen LogP contribution in [0.3, 0.4) is 0 Å². The molecule has 26 heavy (non-hydrogen) atoms. The minimum Gasteiger partial charge on any atom is -0.376 e. The molecule has 1 amide bonds. The summed E-state index contributed by atoms with van der Waals surface area (Å²) in [5, 5.41) is 6.31. The first-order chi connectivity index (χ1) is 12.4. The Morgan fingerprint density at radius 1 is 0.962 bits per heavy atom. The minimum atomic E-state index is -3.48. The van der Waals surface area contributed by atoms with E-state index in [-0.39, 0.29) is 17.3 Å². The van der Waals surface area contributed by atoms with E-state index in [4.69, 9.17) is 11.6 Å². The number of sulfonamides is 1. The smallest absolute Gasteiger partial charge is 0.243 e. The molecule has 2 N–H and O–H groups in total. The standard InChI is InChI=1S/C18H22ClN3O3S/c1-3-22(4-2)26(24,25)17-11-9-15(10-12-17)20-13-18(23)21-16-7-5-14(19)6-8-16/h5-12,20H,3-4,13H2,1-2H3,(H,21,23). The third kappa shape index (κ3) is 5.20. The van der Waals surface area contributed by atoms with Gasteiger partial charge in [0.05, 0.1) is 11.4 Å². The molecule has 0 saturated carbocycles. The first kappa shape index (κ1) is 20.2. The van der Waals surface area contributed by atoms with E-state index < -0.39 is 10.0 Å². The van der Waals surface area contributed by atoms with E-state index in [1.54, 1.807) is 50.2 Å². The number of halogens is 1. The maximum Gasteiger partial charge on any atom is 0.243 e. The van der Waals surface area contributed by atoms with Crippen molar-refractivity contribution in [2.24, 2.45) is 0 Å². The van der Waals surface area contributed by atoms with Crippen molar-refractivity contribution in [1.82, 2.24) is 4.31 Å². The van der Waals surface area contributed by atoms with Crippen molar-refractivity contribution in [3.63, 3.8) is 0 Å². The fraction of sp³-hybridized carbons (Fsp3) is 0.278. The molecule has 0 atom stereocenters. The number of hydrogen-bond donors (Lipinski definition) is 2. The van der Waals surface area contributed by atoms with E-state index in [0.717, 1.165) is 0 Å². The van der Waals surface area contributed by atoms with Gasteiger partial charge in [0.2, 0.25) is 15.9 Å². The summed E-state index contributed by atoms with van der Waals surface area (Å²) in [7, 11) is -3.48. The van der Waals surface area contributed by atoms with Gasteiger partial charge in [-0.2, -0.15) is 4.31 Å². The molecule has 140 valence electrons. The topological polar surface area (TPSA) is 78.5 Å². The molecule has 0 aliphatic rings. The summed E-state index contributed by atoms with van der Waals surface area (Å²) in [5.41, 5.74) is 1.32. The van der Waals surface area contributed by atoms with Crippen molar-refractivity contribution in [3.05, 3.63) is 53.6 Å². The summed E-state index contributed by atoms with van der Waals surface area (Å²) in [5.74, 6) is -0.216. The van der Waals surface area contributed by atoms with E-state index in [9.17, 15) is 13.2 Å². The van der Waals surface area contributed by atoms with Gasteiger partial charge in [0.1, 0.15) is 0 Å². The highest BCUT2D eigenvalue weighted by Crippen LogP contribution is 2.18.